The second kappa shape index (κ2) is 6.90. The first-order chi connectivity index (χ1) is 12.6. The van der Waals surface area contributed by atoms with Crippen LogP contribution in [0.1, 0.15) is 9.67 Å². The lowest BCUT2D eigenvalue weighted by atomic mass is 10.0. The van der Waals surface area contributed by atoms with Gasteiger partial charge in [0.15, 0.2) is 0 Å². The number of likely N-dealkylation sites (N-methyl/N-ethyl adjacent to an activating group) is 1. The van der Waals surface area contributed by atoms with Gasteiger partial charge in [0.2, 0.25) is 0 Å². The highest BCUT2D eigenvalue weighted by Crippen LogP contribution is 2.34. The van der Waals surface area contributed by atoms with Crippen molar-refractivity contribution in [1.82, 2.24) is 20.2 Å². The summed E-state index contributed by atoms with van der Waals surface area (Å²) < 4.78 is 1.11. The van der Waals surface area contributed by atoms with Gasteiger partial charge in [0.05, 0.1) is 4.88 Å². The molecule has 0 aliphatic rings. The van der Waals surface area contributed by atoms with Gasteiger partial charge in [0.1, 0.15) is 5.65 Å². The fourth-order valence-corrected chi connectivity index (χ4v) is 4.00. The van der Waals surface area contributed by atoms with Crippen molar-refractivity contribution in [1.29, 1.82) is 0 Å². The van der Waals surface area contributed by atoms with E-state index in [1.165, 1.54) is 11.3 Å². The first-order valence-electron chi connectivity index (χ1n) is 8.51. The van der Waals surface area contributed by atoms with Crippen LogP contribution >= 0.6 is 11.3 Å². The Labute approximate surface area is 155 Å². The van der Waals surface area contributed by atoms with E-state index in [0.717, 1.165) is 43.7 Å². The Morgan fingerprint density at radius 1 is 1.27 bits per heavy atom. The molecule has 0 aliphatic heterocycles. The number of benzene rings is 1. The highest BCUT2D eigenvalue weighted by Gasteiger charge is 2.13. The summed E-state index contributed by atoms with van der Waals surface area (Å²) in [4.78, 5) is 22.8. The van der Waals surface area contributed by atoms with E-state index in [0.29, 0.717) is 6.54 Å². The number of nitrogens with one attached hydrogen (secondary N) is 2. The standard InChI is InChI=1S/C20H20N4OS/c1-24(2)9-8-22-20(25)18-11-16-15(4-3-5-17(16)26-18)14-10-13-6-7-21-19(13)23-12-14/h3-7,10-12H,8-9H2,1-2H3,(H,21,23)(H,22,25). The smallest absolute Gasteiger partial charge is 0.261 e. The summed E-state index contributed by atoms with van der Waals surface area (Å²) in [5.41, 5.74) is 3.04. The normalized spacial score (nSPS) is 11.5. The van der Waals surface area contributed by atoms with Crippen molar-refractivity contribution in [3.8, 4) is 11.1 Å². The van der Waals surface area contributed by atoms with E-state index in [-0.39, 0.29) is 5.91 Å². The summed E-state index contributed by atoms with van der Waals surface area (Å²) in [5, 5.41) is 5.15. The van der Waals surface area contributed by atoms with Crippen molar-refractivity contribution in [3.63, 3.8) is 0 Å². The van der Waals surface area contributed by atoms with Crippen LogP contribution in [0, 0.1) is 0 Å². The quantitative estimate of drug-likeness (QED) is 0.567. The average molecular weight is 364 g/mol. The Balaban J connectivity index is 1.68. The number of carbonyl (C=O) groups is 1. The van der Waals surface area contributed by atoms with Gasteiger partial charge >= 0.3 is 0 Å². The number of aromatic amines is 1. The van der Waals surface area contributed by atoms with Crippen LogP contribution < -0.4 is 5.32 Å². The van der Waals surface area contributed by atoms with E-state index < -0.39 is 0 Å². The van der Waals surface area contributed by atoms with Crippen LogP contribution in [-0.2, 0) is 0 Å². The molecular formula is C20H20N4OS. The molecule has 5 nitrogen and oxygen atoms in total. The predicted molar refractivity (Wildman–Crippen MR) is 108 cm³/mol. The van der Waals surface area contributed by atoms with Gasteiger partial charge in [0.25, 0.3) is 5.91 Å². The Morgan fingerprint density at radius 3 is 3.00 bits per heavy atom. The van der Waals surface area contributed by atoms with Crippen molar-refractivity contribution in [2.75, 3.05) is 27.2 Å². The third-order valence-electron chi connectivity index (χ3n) is 4.34. The Hall–Kier alpha value is -2.70. The molecule has 0 spiro atoms. The van der Waals surface area contributed by atoms with Crippen molar-refractivity contribution in [2.45, 2.75) is 0 Å². The summed E-state index contributed by atoms with van der Waals surface area (Å²) in [5.74, 6) is -0.0155. The highest BCUT2D eigenvalue weighted by atomic mass is 32.1. The fourth-order valence-electron chi connectivity index (χ4n) is 2.99. The number of fused-ring (bicyclic) bond motifs is 2. The molecule has 1 aromatic carbocycles. The summed E-state index contributed by atoms with van der Waals surface area (Å²) in [7, 11) is 3.99. The van der Waals surface area contributed by atoms with Gasteiger partial charge in [-0.05, 0) is 43.9 Å². The molecule has 0 aliphatic carbocycles. The number of pyridine rings is 1. The first kappa shape index (κ1) is 16.8. The topological polar surface area (TPSA) is 61.0 Å². The van der Waals surface area contributed by atoms with Crippen molar-refractivity contribution in [2.24, 2.45) is 0 Å². The number of rotatable bonds is 5. The van der Waals surface area contributed by atoms with Crippen molar-refractivity contribution >= 4 is 38.4 Å². The molecule has 0 bridgehead atoms. The van der Waals surface area contributed by atoms with Gasteiger partial charge in [-0.3, -0.25) is 4.79 Å². The Kier molecular flexibility index (Phi) is 4.44. The summed E-state index contributed by atoms with van der Waals surface area (Å²) in [6, 6.07) is 12.3. The van der Waals surface area contributed by atoms with Gasteiger partial charge in [0, 0.05) is 46.5 Å². The van der Waals surface area contributed by atoms with Gasteiger partial charge < -0.3 is 15.2 Å². The predicted octanol–water partition coefficient (Wildman–Crippen LogP) is 3.74. The Morgan fingerprint density at radius 2 is 2.15 bits per heavy atom. The van der Waals surface area contributed by atoms with Gasteiger partial charge in [-0.25, -0.2) is 4.98 Å². The SMILES string of the molecule is CN(C)CCNC(=O)c1cc2c(-c3cnc4[nH]ccc4c3)cccc2s1. The maximum Gasteiger partial charge on any atom is 0.261 e. The van der Waals surface area contributed by atoms with Crippen LogP contribution in [0.3, 0.4) is 0 Å². The van der Waals surface area contributed by atoms with Crippen LogP contribution in [-0.4, -0.2) is 48.0 Å². The number of carbonyl (C=O) groups excluding carboxylic acids is 1. The second-order valence-electron chi connectivity index (χ2n) is 6.53. The molecule has 3 aromatic heterocycles. The zero-order valence-electron chi connectivity index (χ0n) is 14.7. The number of nitrogens with zero attached hydrogens (tertiary/aromatic N) is 2. The van der Waals surface area contributed by atoms with E-state index in [9.17, 15) is 4.79 Å². The van der Waals surface area contributed by atoms with Gasteiger partial charge in [-0.1, -0.05) is 12.1 Å². The van der Waals surface area contributed by atoms with Crippen molar-refractivity contribution < 1.29 is 4.79 Å². The molecule has 4 rings (SSSR count). The van der Waals surface area contributed by atoms with E-state index >= 15 is 0 Å². The summed E-state index contributed by atoms with van der Waals surface area (Å²) >= 11 is 1.53. The average Bonchev–Trinajstić information content (AvgIpc) is 3.26. The summed E-state index contributed by atoms with van der Waals surface area (Å²) in [6.07, 6.45) is 3.77. The zero-order valence-corrected chi connectivity index (χ0v) is 15.6. The van der Waals surface area contributed by atoms with E-state index in [4.69, 9.17) is 0 Å². The molecule has 0 saturated heterocycles. The zero-order chi connectivity index (χ0) is 18.1. The number of aromatic nitrogens is 2. The molecule has 26 heavy (non-hydrogen) atoms. The minimum Gasteiger partial charge on any atom is -0.350 e. The molecular weight excluding hydrogens is 344 g/mol. The molecule has 1 amide bonds. The number of thiophene rings is 1. The van der Waals surface area contributed by atoms with Crippen LogP contribution in [0.5, 0.6) is 0 Å². The molecule has 132 valence electrons. The molecule has 0 fully saturated rings. The molecule has 2 N–H and O–H groups in total. The van der Waals surface area contributed by atoms with Crippen molar-refractivity contribution in [3.05, 3.63) is 53.7 Å². The van der Waals surface area contributed by atoms with E-state index in [1.54, 1.807) is 0 Å². The van der Waals surface area contributed by atoms with E-state index in [2.05, 4.69) is 33.5 Å². The minimum atomic E-state index is -0.0155. The lowest BCUT2D eigenvalue weighted by Crippen LogP contribution is -2.30. The molecule has 6 heteroatoms. The van der Waals surface area contributed by atoms with Gasteiger partial charge in [-0.2, -0.15) is 0 Å². The fraction of sp³-hybridized carbons (Fsp3) is 0.200. The monoisotopic (exact) mass is 364 g/mol. The number of H-pyrrole nitrogens is 1. The maximum atomic E-state index is 12.4. The summed E-state index contributed by atoms with van der Waals surface area (Å²) in [6.45, 7) is 1.46. The molecule has 3 heterocycles. The third kappa shape index (κ3) is 3.21. The number of hydrogen-bond acceptors (Lipinski definition) is 4. The first-order valence-corrected chi connectivity index (χ1v) is 9.32. The maximum absolute atomic E-state index is 12.4. The van der Waals surface area contributed by atoms with Crippen LogP contribution in [0.2, 0.25) is 0 Å². The molecule has 0 saturated carbocycles. The molecule has 0 unspecified atom stereocenters. The molecule has 0 atom stereocenters. The number of hydrogen-bond donors (Lipinski definition) is 2. The minimum absolute atomic E-state index is 0.0155. The van der Waals surface area contributed by atoms with E-state index in [1.807, 2.05) is 49.6 Å². The Bertz CT molecular complexity index is 1080. The lowest BCUT2D eigenvalue weighted by molar-refractivity contribution is 0.0955. The highest BCUT2D eigenvalue weighted by molar-refractivity contribution is 7.20. The van der Waals surface area contributed by atoms with Crippen LogP contribution in [0.15, 0.2) is 48.8 Å². The van der Waals surface area contributed by atoms with Gasteiger partial charge in [-0.15, -0.1) is 11.3 Å². The number of amides is 1. The van der Waals surface area contributed by atoms with Crippen LogP contribution in [0.4, 0.5) is 0 Å². The largest absolute Gasteiger partial charge is 0.350 e. The lowest BCUT2D eigenvalue weighted by Gasteiger charge is -2.09. The molecule has 4 aromatic rings. The third-order valence-corrected chi connectivity index (χ3v) is 5.44. The second-order valence-corrected chi connectivity index (χ2v) is 7.61. The molecule has 0 radical (unpaired) electrons. The van der Waals surface area contributed by atoms with Crippen LogP contribution in [0.25, 0.3) is 32.2 Å².